The molecule has 0 radical (unpaired) electrons. The van der Waals surface area contributed by atoms with E-state index >= 15 is 0 Å². The summed E-state index contributed by atoms with van der Waals surface area (Å²) >= 11 is 7.70. The molecule has 0 amide bonds. The van der Waals surface area contributed by atoms with Gasteiger partial charge in [-0.3, -0.25) is 0 Å². The van der Waals surface area contributed by atoms with E-state index in [0.717, 1.165) is 30.8 Å². The van der Waals surface area contributed by atoms with Crippen LogP contribution in [0, 0.1) is 0 Å². The van der Waals surface area contributed by atoms with Gasteiger partial charge in [-0.05, 0) is 36.4 Å². The molecular formula is C15H16ClNOS. The summed E-state index contributed by atoms with van der Waals surface area (Å²) in [6, 6.07) is 12.2. The SMILES string of the molecule is OC1(c2sccc2Cl)CCN(c2ccccc2)CC1. The first-order valence-corrected chi connectivity index (χ1v) is 7.71. The Bertz CT molecular complexity index is 546. The molecule has 2 aromatic rings. The summed E-state index contributed by atoms with van der Waals surface area (Å²) in [5, 5.41) is 13.4. The van der Waals surface area contributed by atoms with E-state index in [1.807, 2.05) is 29.6 Å². The molecule has 2 heterocycles. The number of aliphatic hydroxyl groups is 1. The van der Waals surface area contributed by atoms with Crippen LogP contribution in [0.5, 0.6) is 0 Å². The molecule has 1 aliphatic heterocycles. The zero-order valence-corrected chi connectivity index (χ0v) is 12.1. The number of rotatable bonds is 2. The van der Waals surface area contributed by atoms with Crippen molar-refractivity contribution in [3.8, 4) is 0 Å². The van der Waals surface area contributed by atoms with Crippen LogP contribution in [-0.2, 0) is 5.60 Å². The van der Waals surface area contributed by atoms with Crippen LogP contribution in [-0.4, -0.2) is 18.2 Å². The third-order valence-corrected chi connectivity index (χ3v) is 5.29. The van der Waals surface area contributed by atoms with Crippen molar-refractivity contribution in [2.24, 2.45) is 0 Å². The van der Waals surface area contributed by atoms with Gasteiger partial charge >= 0.3 is 0 Å². The normalized spacial score (nSPS) is 18.5. The molecule has 2 nitrogen and oxygen atoms in total. The minimum absolute atomic E-state index is 0.695. The van der Waals surface area contributed by atoms with Crippen LogP contribution >= 0.6 is 22.9 Å². The summed E-state index contributed by atoms with van der Waals surface area (Å²) in [6.45, 7) is 1.71. The Morgan fingerprint density at radius 2 is 1.79 bits per heavy atom. The van der Waals surface area contributed by atoms with Crippen LogP contribution in [0.3, 0.4) is 0 Å². The summed E-state index contributed by atoms with van der Waals surface area (Å²) in [7, 11) is 0. The van der Waals surface area contributed by atoms with E-state index in [-0.39, 0.29) is 0 Å². The van der Waals surface area contributed by atoms with Crippen molar-refractivity contribution in [2.45, 2.75) is 18.4 Å². The monoisotopic (exact) mass is 293 g/mol. The van der Waals surface area contributed by atoms with Crippen molar-refractivity contribution in [1.29, 1.82) is 0 Å². The minimum atomic E-state index is -0.753. The first-order valence-electron chi connectivity index (χ1n) is 6.45. The molecular weight excluding hydrogens is 278 g/mol. The highest BCUT2D eigenvalue weighted by atomic mass is 35.5. The van der Waals surface area contributed by atoms with Gasteiger partial charge in [0.25, 0.3) is 0 Å². The number of benzene rings is 1. The van der Waals surface area contributed by atoms with Crippen molar-refractivity contribution in [1.82, 2.24) is 0 Å². The van der Waals surface area contributed by atoms with E-state index in [1.54, 1.807) is 11.3 Å². The summed E-state index contributed by atoms with van der Waals surface area (Å²) < 4.78 is 0. The van der Waals surface area contributed by atoms with Crippen LogP contribution < -0.4 is 4.90 Å². The zero-order chi connectivity index (χ0) is 13.3. The number of thiophene rings is 1. The molecule has 0 spiro atoms. The molecule has 0 atom stereocenters. The molecule has 19 heavy (non-hydrogen) atoms. The van der Waals surface area contributed by atoms with E-state index < -0.39 is 5.60 Å². The highest BCUT2D eigenvalue weighted by molar-refractivity contribution is 7.10. The second-order valence-electron chi connectivity index (χ2n) is 4.95. The zero-order valence-electron chi connectivity index (χ0n) is 10.6. The highest BCUT2D eigenvalue weighted by Gasteiger charge is 2.36. The molecule has 0 bridgehead atoms. The Hall–Kier alpha value is -1.03. The fourth-order valence-corrected chi connectivity index (χ4v) is 4.02. The molecule has 1 saturated heterocycles. The van der Waals surface area contributed by atoms with Crippen molar-refractivity contribution in [3.05, 3.63) is 51.7 Å². The number of halogens is 1. The summed E-state index contributed by atoms with van der Waals surface area (Å²) in [4.78, 5) is 3.23. The van der Waals surface area contributed by atoms with E-state index in [1.165, 1.54) is 5.69 Å². The van der Waals surface area contributed by atoms with Crippen LogP contribution in [0.2, 0.25) is 5.02 Å². The van der Waals surface area contributed by atoms with E-state index in [2.05, 4.69) is 17.0 Å². The number of piperidine rings is 1. The predicted molar refractivity (Wildman–Crippen MR) is 81.1 cm³/mol. The van der Waals surface area contributed by atoms with Crippen LogP contribution in [0.1, 0.15) is 17.7 Å². The number of anilines is 1. The molecule has 3 rings (SSSR count). The van der Waals surface area contributed by atoms with Crippen molar-refractivity contribution >= 4 is 28.6 Å². The Kier molecular flexibility index (Phi) is 3.52. The third-order valence-electron chi connectivity index (χ3n) is 3.75. The average Bonchev–Trinajstić information content (AvgIpc) is 2.88. The van der Waals surface area contributed by atoms with Gasteiger partial charge in [0.05, 0.1) is 9.90 Å². The Morgan fingerprint density at radius 1 is 1.11 bits per heavy atom. The van der Waals surface area contributed by atoms with Crippen LogP contribution in [0.25, 0.3) is 0 Å². The van der Waals surface area contributed by atoms with Gasteiger partial charge in [-0.1, -0.05) is 29.8 Å². The van der Waals surface area contributed by atoms with Gasteiger partial charge in [0, 0.05) is 18.8 Å². The molecule has 1 N–H and O–H groups in total. The van der Waals surface area contributed by atoms with E-state index in [9.17, 15) is 5.11 Å². The van der Waals surface area contributed by atoms with E-state index in [4.69, 9.17) is 11.6 Å². The lowest BCUT2D eigenvalue weighted by atomic mass is 9.89. The molecule has 0 unspecified atom stereocenters. The molecule has 1 aromatic carbocycles. The van der Waals surface area contributed by atoms with Gasteiger partial charge in [-0.2, -0.15) is 0 Å². The molecule has 0 aliphatic carbocycles. The summed E-state index contributed by atoms with van der Waals surface area (Å²) in [5.41, 5.74) is 0.470. The second-order valence-corrected chi connectivity index (χ2v) is 6.28. The van der Waals surface area contributed by atoms with Gasteiger partial charge in [0.2, 0.25) is 0 Å². The highest BCUT2D eigenvalue weighted by Crippen LogP contribution is 2.40. The second kappa shape index (κ2) is 5.16. The fraction of sp³-hybridized carbons (Fsp3) is 0.333. The molecule has 1 aromatic heterocycles. The van der Waals surface area contributed by atoms with Crippen molar-refractivity contribution in [2.75, 3.05) is 18.0 Å². The van der Waals surface area contributed by atoms with Crippen molar-refractivity contribution in [3.63, 3.8) is 0 Å². The Labute approximate surface area is 122 Å². The van der Waals surface area contributed by atoms with Gasteiger partial charge in [0.1, 0.15) is 5.60 Å². The maximum Gasteiger partial charge on any atom is 0.104 e. The Balaban J connectivity index is 1.75. The molecule has 4 heteroatoms. The number of para-hydroxylation sites is 1. The van der Waals surface area contributed by atoms with Gasteiger partial charge < -0.3 is 10.0 Å². The predicted octanol–water partition coefficient (Wildman–Crippen LogP) is 3.89. The standard InChI is InChI=1S/C15H16ClNOS/c16-13-6-11-19-14(13)15(18)7-9-17(10-8-15)12-4-2-1-3-5-12/h1-6,11,18H,7-10H2. The lowest BCUT2D eigenvalue weighted by molar-refractivity contribution is 0.0154. The summed E-state index contributed by atoms with van der Waals surface area (Å²) in [6.07, 6.45) is 1.45. The largest absolute Gasteiger partial charge is 0.384 e. The van der Waals surface area contributed by atoms with Gasteiger partial charge in [0.15, 0.2) is 0 Å². The first-order chi connectivity index (χ1) is 9.19. The lowest BCUT2D eigenvalue weighted by Gasteiger charge is -2.39. The molecule has 100 valence electrons. The van der Waals surface area contributed by atoms with Gasteiger partial charge in [-0.25, -0.2) is 0 Å². The topological polar surface area (TPSA) is 23.5 Å². The summed E-state index contributed by atoms with van der Waals surface area (Å²) in [5.74, 6) is 0. The van der Waals surface area contributed by atoms with Crippen LogP contribution in [0.15, 0.2) is 41.8 Å². The molecule has 1 aliphatic rings. The maximum atomic E-state index is 10.8. The van der Waals surface area contributed by atoms with Gasteiger partial charge in [-0.15, -0.1) is 11.3 Å². The average molecular weight is 294 g/mol. The molecule has 0 saturated carbocycles. The van der Waals surface area contributed by atoms with E-state index in [0.29, 0.717) is 5.02 Å². The Morgan fingerprint density at radius 3 is 2.37 bits per heavy atom. The number of hydrogen-bond donors (Lipinski definition) is 1. The maximum absolute atomic E-state index is 10.8. The smallest absolute Gasteiger partial charge is 0.104 e. The van der Waals surface area contributed by atoms with Crippen molar-refractivity contribution < 1.29 is 5.11 Å². The molecule has 1 fully saturated rings. The lowest BCUT2D eigenvalue weighted by Crippen LogP contribution is -2.42. The fourth-order valence-electron chi connectivity index (χ4n) is 2.63. The first kappa shape index (κ1) is 13.0. The minimum Gasteiger partial charge on any atom is -0.384 e. The number of nitrogens with zero attached hydrogens (tertiary/aromatic N) is 1. The van der Waals surface area contributed by atoms with Crippen LogP contribution in [0.4, 0.5) is 5.69 Å². The quantitative estimate of drug-likeness (QED) is 0.908. The number of hydrogen-bond acceptors (Lipinski definition) is 3. The third kappa shape index (κ3) is 2.50.